The van der Waals surface area contributed by atoms with Crippen molar-refractivity contribution in [3.63, 3.8) is 0 Å². The van der Waals surface area contributed by atoms with Gasteiger partial charge in [-0.2, -0.15) is 0 Å². The van der Waals surface area contributed by atoms with Crippen LogP contribution in [0.2, 0.25) is 0 Å². The van der Waals surface area contributed by atoms with E-state index in [9.17, 15) is 0 Å². The van der Waals surface area contributed by atoms with Gasteiger partial charge in [0.2, 0.25) is 0 Å². The van der Waals surface area contributed by atoms with E-state index in [2.05, 4.69) is 83.1 Å². The van der Waals surface area contributed by atoms with Crippen LogP contribution in [0.25, 0.3) is 0 Å². The van der Waals surface area contributed by atoms with Gasteiger partial charge in [-0.3, -0.25) is 0 Å². The molecule has 0 saturated carbocycles. The monoisotopic (exact) mass is 414 g/mol. The average Bonchev–Trinajstić information content (AvgIpc) is 2.48. The molecular weight excluding hydrogens is 360 g/mol. The molecule has 0 bridgehead atoms. The number of ether oxygens (including phenoxy) is 3. The van der Waals surface area contributed by atoms with Gasteiger partial charge in [-0.1, -0.05) is 65.7 Å². The minimum Gasteiger partial charge on any atom is -0.321 e. The molecule has 0 radical (unpaired) electrons. The summed E-state index contributed by atoms with van der Waals surface area (Å²) >= 11 is 0. The lowest BCUT2D eigenvalue weighted by Crippen LogP contribution is -2.58. The molecule has 0 amide bonds. The van der Waals surface area contributed by atoms with Crippen molar-refractivity contribution in [3.05, 3.63) is 0 Å². The third-order valence-corrected chi connectivity index (χ3v) is 5.00. The van der Waals surface area contributed by atoms with Crippen molar-refractivity contribution in [1.82, 2.24) is 0 Å². The third-order valence-electron chi connectivity index (χ3n) is 5.00. The van der Waals surface area contributed by atoms with Crippen molar-refractivity contribution >= 4 is 0 Å². The molecule has 0 aromatic heterocycles. The molecule has 0 aromatic carbocycles. The normalized spacial score (nSPS) is 16.1. The fraction of sp³-hybridized carbons (Fsp3) is 1.00. The zero-order valence-corrected chi connectivity index (χ0v) is 22.0. The predicted octanol–water partition coefficient (Wildman–Crippen LogP) is 8.50. The zero-order valence-electron chi connectivity index (χ0n) is 22.0. The largest absolute Gasteiger partial charge is 0.321 e. The summed E-state index contributed by atoms with van der Waals surface area (Å²) < 4.78 is 20.1. The summed E-state index contributed by atoms with van der Waals surface area (Å²) in [4.78, 5) is 0. The molecular formula is C26H54O3. The molecule has 0 heterocycles. The fourth-order valence-corrected chi connectivity index (χ4v) is 3.81. The Balaban J connectivity index is 5.88. The van der Waals surface area contributed by atoms with Crippen LogP contribution in [0, 0.1) is 11.8 Å². The highest BCUT2D eigenvalue weighted by Gasteiger charge is 2.51. The summed E-state index contributed by atoms with van der Waals surface area (Å²) in [5, 5.41) is 0. The van der Waals surface area contributed by atoms with E-state index in [0.717, 1.165) is 12.8 Å². The molecule has 0 saturated heterocycles. The van der Waals surface area contributed by atoms with Gasteiger partial charge in [-0.15, -0.1) is 0 Å². The Morgan fingerprint density at radius 1 is 0.586 bits per heavy atom. The minimum atomic E-state index is -1.06. The van der Waals surface area contributed by atoms with E-state index >= 15 is 0 Å². The highest BCUT2D eigenvalue weighted by Crippen LogP contribution is 2.44. The molecule has 176 valence electrons. The predicted molar refractivity (Wildman–Crippen MR) is 126 cm³/mol. The van der Waals surface area contributed by atoms with E-state index in [0.29, 0.717) is 5.92 Å². The highest BCUT2D eigenvalue weighted by molar-refractivity contribution is 4.84. The SMILES string of the molecule is CCCCCCCCC(C(C)CC)C(OC(C)(C)C)(OC(C)(C)C)OC(C)(C)C. The van der Waals surface area contributed by atoms with Crippen LogP contribution in [0.15, 0.2) is 0 Å². The molecule has 0 N–H and O–H groups in total. The van der Waals surface area contributed by atoms with Crippen molar-refractivity contribution in [1.29, 1.82) is 0 Å². The quantitative estimate of drug-likeness (QED) is 0.223. The number of rotatable bonds is 13. The zero-order chi connectivity index (χ0) is 22.9. The summed E-state index contributed by atoms with van der Waals surface area (Å²) in [6.07, 6.45) is 9.88. The summed E-state index contributed by atoms with van der Waals surface area (Å²) in [5.74, 6) is -0.442. The summed E-state index contributed by atoms with van der Waals surface area (Å²) in [6, 6.07) is 0. The van der Waals surface area contributed by atoms with Crippen molar-refractivity contribution in [2.24, 2.45) is 11.8 Å². The Kier molecular flexibility index (Phi) is 12.0. The molecule has 0 aliphatic rings. The lowest BCUT2D eigenvalue weighted by atomic mass is 9.84. The molecule has 0 aliphatic carbocycles. The molecule has 3 heteroatoms. The molecule has 3 nitrogen and oxygen atoms in total. The van der Waals surface area contributed by atoms with Gasteiger partial charge < -0.3 is 14.2 Å². The number of hydrogen-bond donors (Lipinski definition) is 0. The first-order chi connectivity index (χ1) is 13.1. The van der Waals surface area contributed by atoms with Crippen LogP contribution in [0.1, 0.15) is 134 Å². The van der Waals surface area contributed by atoms with Gasteiger partial charge in [-0.05, 0) is 74.7 Å². The Bertz CT molecular complexity index is 382. The van der Waals surface area contributed by atoms with Crippen LogP contribution < -0.4 is 0 Å². The molecule has 2 atom stereocenters. The molecule has 0 aromatic rings. The summed E-state index contributed by atoms with van der Waals surface area (Å²) in [6.45, 7) is 25.7. The van der Waals surface area contributed by atoms with Crippen LogP contribution in [-0.2, 0) is 14.2 Å². The van der Waals surface area contributed by atoms with Crippen LogP contribution in [0.5, 0.6) is 0 Å². The van der Waals surface area contributed by atoms with E-state index in [4.69, 9.17) is 14.2 Å². The topological polar surface area (TPSA) is 27.7 Å². The fourth-order valence-electron chi connectivity index (χ4n) is 3.81. The molecule has 0 spiro atoms. The minimum absolute atomic E-state index is 0.177. The van der Waals surface area contributed by atoms with Crippen molar-refractivity contribution < 1.29 is 14.2 Å². The lowest BCUT2D eigenvalue weighted by Gasteiger charge is -2.50. The van der Waals surface area contributed by atoms with E-state index in [1.165, 1.54) is 38.5 Å². The Morgan fingerprint density at radius 2 is 0.966 bits per heavy atom. The van der Waals surface area contributed by atoms with Gasteiger partial charge in [0, 0.05) is 5.92 Å². The summed E-state index contributed by atoms with van der Waals surface area (Å²) in [7, 11) is 0. The third kappa shape index (κ3) is 13.0. The van der Waals surface area contributed by atoms with Crippen LogP contribution in [0.3, 0.4) is 0 Å². The molecule has 0 aliphatic heterocycles. The molecule has 29 heavy (non-hydrogen) atoms. The van der Waals surface area contributed by atoms with Crippen LogP contribution in [0.4, 0.5) is 0 Å². The van der Waals surface area contributed by atoms with Crippen molar-refractivity contribution in [2.75, 3.05) is 0 Å². The first kappa shape index (κ1) is 28.9. The smallest absolute Gasteiger partial charge is 0.287 e. The Labute approximate surface area is 183 Å². The van der Waals surface area contributed by atoms with Crippen LogP contribution in [-0.4, -0.2) is 22.8 Å². The molecule has 2 unspecified atom stereocenters. The van der Waals surface area contributed by atoms with Gasteiger partial charge in [0.15, 0.2) is 0 Å². The van der Waals surface area contributed by atoms with Crippen LogP contribution >= 0.6 is 0 Å². The second kappa shape index (κ2) is 12.1. The molecule has 0 rings (SSSR count). The maximum atomic E-state index is 6.71. The van der Waals surface area contributed by atoms with Gasteiger partial charge in [-0.25, -0.2) is 0 Å². The number of unbranched alkanes of at least 4 members (excludes halogenated alkanes) is 5. The first-order valence-electron chi connectivity index (χ1n) is 12.2. The maximum absolute atomic E-state index is 6.71. The van der Waals surface area contributed by atoms with Gasteiger partial charge in [0.1, 0.15) is 0 Å². The van der Waals surface area contributed by atoms with Gasteiger partial charge in [0.05, 0.1) is 16.8 Å². The van der Waals surface area contributed by atoms with Gasteiger partial charge >= 0.3 is 0 Å². The van der Waals surface area contributed by atoms with E-state index in [-0.39, 0.29) is 22.7 Å². The number of hydrogen-bond acceptors (Lipinski definition) is 3. The Hall–Kier alpha value is -0.120. The van der Waals surface area contributed by atoms with E-state index in [1.807, 2.05) is 0 Å². The standard InChI is InChI=1S/C26H54O3/c1-13-15-16-17-18-19-20-22(21(3)14-2)26(27-23(4,5)6,28-24(7,8)9)29-25(10,11)12/h21-22H,13-20H2,1-12H3. The van der Waals surface area contributed by atoms with Crippen molar-refractivity contribution in [2.45, 2.75) is 157 Å². The maximum Gasteiger partial charge on any atom is 0.287 e. The van der Waals surface area contributed by atoms with Gasteiger partial charge in [0.25, 0.3) is 5.97 Å². The average molecular weight is 415 g/mol. The Morgan fingerprint density at radius 3 is 1.31 bits per heavy atom. The highest BCUT2D eigenvalue weighted by atomic mass is 16.9. The summed E-state index contributed by atoms with van der Waals surface area (Å²) in [5.41, 5.74) is -1.12. The first-order valence-corrected chi connectivity index (χ1v) is 12.2. The lowest BCUT2D eigenvalue weighted by molar-refractivity contribution is -0.471. The van der Waals surface area contributed by atoms with Crippen molar-refractivity contribution in [3.8, 4) is 0 Å². The second-order valence-corrected chi connectivity index (χ2v) is 11.8. The second-order valence-electron chi connectivity index (χ2n) is 11.8. The van der Waals surface area contributed by atoms with E-state index in [1.54, 1.807) is 0 Å². The molecule has 0 fully saturated rings. The van der Waals surface area contributed by atoms with E-state index < -0.39 is 5.97 Å².